The molecule has 7 nitrogen and oxygen atoms in total. The molecule has 0 aliphatic carbocycles. The van der Waals surface area contributed by atoms with Crippen LogP contribution in [0.3, 0.4) is 0 Å². The van der Waals surface area contributed by atoms with Crippen LogP contribution in [0.4, 0.5) is 5.69 Å². The Balaban J connectivity index is 1.57. The van der Waals surface area contributed by atoms with E-state index in [1.807, 2.05) is 40.6 Å². The van der Waals surface area contributed by atoms with E-state index >= 15 is 0 Å². The van der Waals surface area contributed by atoms with Crippen molar-refractivity contribution in [2.24, 2.45) is 0 Å². The lowest BCUT2D eigenvalue weighted by molar-refractivity contribution is -0.117. The number of aromatic nitrogens is 2. The highest BCUT2D eigenvalue weighted by molar-refractivity contribution is 7.92. The van der Waals surface area contributed by atoms with Crippen LogP contribution < -0.4 is 9.03 Å². The SMILES string of the molecule is CCn1cc(-c2ccc(Cl)cc2Cl)nc1/C=C/c1ccc(N2CC(=O)NS2(=O)=O)cc1. The number of halogens is 2. The summed E-state index contributed by atoms with van der Waals surface area (Å²) in [5, 5.41) is 1.10. The van der Waals surface area contributed by atoms with Gasteiger partial charge in [-0.25, -0.2) is 14.0 Å². The lowest BCUT2D eigenvalue weighted by atomic mass is 10.2. The van der Waals surface area contributed by atoms with Gasteiger partial charge in [0.15, 0.2) is 0 Å². The van der Waals surface area contributed by atoms with Crippen LogP contribution in [0.5, 0.6) is 0 Å². The molecular formula is C21H18Cl2N4O3S. The van der Waals surface area contributed by atoms with Crippen molar-refractivity contribution in [2.45, 2.75) is 13.5 Å². The summed E-state index contributed by atoms with van der Waals surface area (Å²) < 4.78 is 28.9. The summed E-state index contributed by atoms with van der Waals surface area (Å²) in [6.45, 7) is 2.53. The number of carbonyl (C=O) groups excluding carboxylic acids is 1. The Morgan fingerprint density at radius 2 is 1.87 bits per heavy atom. The number of carbonyl (C=O) groups is 1. The van der Waals surface area contributed by atoms with E-state index in [0.717, 1.165) is 33.5 Å². The lowest BCUT2D eigenvalue weighted by Crippen LogP contribution is -2.29. The van der Waals surface area contributed by atoms with E-state index in [1.54, 1.807) is 36.4 Å². The third kappa shape index (κ3) is 4.46. The number of hydrogen-bond acceptors (Lipinski definition) is 4. The van der Waals surface area contributed by atoms with Gasteiger partial charge in [-0.1, -0.05) is 41.4 Å². The minimum absolute atomic E-state index is 0.221. The molecule has 0 saturated carbocycles. The summed E-state index contributed by atoms with van der Waals surface area (Å²) in [6, 6.07) is 12.2. The number of hydrogen-bond donors (Lipinski definition) is 1. The van der Waals surface area contributed by atoms with Crippen LogP contribution in [0.1, 0.15) is 18.3 Å². The first-order valence-electron chi connectivity index (χ1n) is 9.41. The van der Waals surface area contributed by atoms with Crippen LogP contribution in [-0.4, -0.2) is 30.4 Å². The Kier molecular flexibility index (Phi) is 5.79. The first-order chi connectivity index (χ1) is 14.8. The van der Waals surface area contributed by atoms with Crippen molar-refractivity contribution in [1.29, 1.82) is 0 Å². The summed E-state index contributed by atoms with van der Waals surface area (Å²) in [5.74, 6) is 0.205. The van der Waals surface area contributed by atoms with Crippen LogP contribution in [-0.2, 0) is 21.5 Å². The van der Waals surface area contributed by atoms with E-state index in [9.17, 15) is 13.2 Å². The highest BCUT2D eigenvalue weighted by Crippen LogP contribution is 2.30. The number of rotatable bonds is 5. The van der Waals surface area contributed by atoms with Crippen molar-refractivity contribution < 1.29 is 13.2 Å². The highest BCUT2D eigenvalue weighted by Gasteiger charge is 2.33. The van der Waals surface area contributed by atoms with Gasteiger partial charge in [-0.15, -0.1) is 0 Å². The second kappa shape index (κ2) is 8.37. The number of nitrogens with one attached hydrogen (secondary N) is 1. The lowest BCUT2D eigenvalue weighted by Gasteiger charge is -2.14. The molecule has 2 aromatic carbocycles. The number of imidazole rings is 1. The topological polar surface area (TPSA) is 84.3 Å². The predicted octanol–water partition coefficient (Wildman–Crippen LogP) is 4.23. The van der Waals surface area contributed by atoms with Gasteiger partial charge in [0.2, 0.25) is 0 Å². The van der Waals surface area contributed by atoms with Crippen LogP contribution >= 0.6 is 23.2 Å². The van der Waals surface area contributed by atoms with Crippen LogP contribution in [0.2, 0.25) is 10.0 Å². The van der Waals surface area contributed by atoms with Gasteiger partial charge in [-0.2, -0.15) is 8.42 Å². The van der Waals surface area contributed by atoms with Crippen molar-refractivity contribution in [3.05, 3.63) is 70.1 Å². The van der Waals surface area contributed by atoms with Gasteiger partial charge >= 0.3 is 10.2 Å². The fourth-order valence-corrected chi connectivity index (χ4v) is 4.90. The summed E-state index contributed by atoms with van der Waals surface area (Å²) in [4.78, 5) is 16.1. The first kappa shape index (κ1) is 21.4. The number of amides is 1. The molecule has 1 N–H and O–H groups in total. The summed E-state index contributed by atoms with van der Waals surface area (Å²) in [5.41, 5.74) is 2.82. The zero-order valence-corrected chi connectivity index (χ0v) is 18.7. The van der Waals surface area contributed by atoms with Gasteiger partial charge in [0.1, 0.15) is 12.4 Å². The minimum Gasteiger partial charge on any atom is -0.331 e. The summed E-state index contributed by atoms with van der Waals surface area (Å²) >= 11 is 12.3. The normalized spacial score (nSPS) is 15.6. The molecule has 1 saturated heterocycles. The molecule has 1 amide bonds. The van der Waals surface area contributed by atoms with Crippen molar-refractivity contribution in [1.82, 2.24) is 14.3 Å². The average molecular weight is 477 g/mol. The van der Waals surface area contributed by atoms with E-state index in [2.05, 4.69) is 4.98 Å². The van der Waals surface area contributed by atoms with Crippen LogP contribution in [0.15, 0.2) is 48.7 Å². The summed E-state index contributed by atoms with van der Waals surface area (Å²) in [6.07, 6.45) is 5.69. The molecule has 10 heteroatoms. The standard InChI is InChI=1S/C21H18Cl2N4O3S/c1-2-26-12-19(17-9-6-15(22)11-18(17)23)24-20(26)10-5-14-3-7-16(8-4-14)27-13-21(28)25-31(27,29)30/h3-12H,2,13H2,1H3,(H,25,28)/b10-5+. The maximum atomic E-state index is 12.0. The Labute approximate surface area is 190 Å². The van der Waals surface area contributed by atoms with Gasteiger partial charge in [0.25, 0.3) is 5.91 Å². The van der Waals surface area contributed by atoms with Gasteiger partial charge in [0, 0.05) is 23.3 Å². The van der Waals surface area contributed by atoms with Gasteiger partial charge in [-0.3, -0.25) is 4.79 Å². The van der Waals surface area contributed by atoms with E-state index < -0.39 is 16.1 Å². The van der Waals surface area contributed by atoms with Gasteiger partial charge in [0.05, 0.1) is 16.4 Å². The van der Waals surface area contributed by atoms with Crippen LogP contribution in [0.25, 0.3) is 23.4 Å². The highest BCUT2D eigenvalue weighted by atomic mass is 35.5. The molecule has 1 aliphatic heterocycles. The molecular weight excluding hydrogens is 459 g/mol. The minimum atomic E-state index is -3.81. The Hall–Kier alpha value is -2.81. The summed E-state index contributed by atoms with van der Waals surface area (Å²) in [7, 11) is -3.81. The molecule has 1 aliphatic rings. The Morgan fingerprint density at radius 3 is 2.48 bits per heavy atom. The molecule has 0 unspecified atom stereocenters. The number of anilines is 1. The van der Waals surface area contributed by atoms with E-state index in [-0.39, 0.29) is 6.54 Å². The molecule has 0 atom stereocenters. The monoisotopic (exact) mass is 476 g/mol. The Bertz CT molecular complexity index is 1280. The fraction of sp³-hybridized carbons (Fsp3) is 0.143. The quantitative estimate of drug-likeness (QED) is 0.596. The molecule has 3 aromatic rings. The zero-order valence-electron chi connectivity index (χ0n) is 16.4. The van der Waals surface area contributed by atoms with Crippen LogP contribution in [0, 0.1) is 0 Å². The largest absolute Gasteiger partial charge is 0.331 e. The molecule has 1 fully saturated rings. The fourth-order valence-electron chi connectivity index (χ4n) is 3.24. The predicted molar refractivity (Wildman–Crippen MR) is 123 cm³/mol. The van der Waals surface area contributed by atoms with Crippen molar-refractivity contribution in [3.63, 3.8) is 0 Å². The zero-order chi connectivity index (χ0) is 22.2. The second-order valence-corrected chi connectivity index (χ2v) is 9.29. The molecule has 2 heterocycles. The maximum absolute atomic E-state index is 12.0. The van der Waals surface area contributed by atoms with Crippen molar-refractivity contribution in [3.8, 4) is 11.3 Å². The van der Waals surface area contributed by atoms with E-state index in [0.29, 0.717) is 15.7 Å². The number of nitrogens with zero attached hydrogens (tertiary/aromatic N) is 3. The first-order valence-corrected chi connectivity index (χ1v) is 11.6. The third-order valence-electron chi connectivity index (χ3n) is 4.78. The Morgan fingerprint density at radius 1 is 1.13 bits per heavy atom. The number of benzene rings is 2. The van der Waals surface area contributed by atoms with Crippen molar-refractivity contribution >= 4 is 57.2 Å². The molecule has 0 bridgehead atoms. The smallest absolute Gasteiger partial charge is 0.326 e. The third-order valence-corrected chi connectivity index (χ3v) is 6.73. The van der Waals surface area contributed by atoms with Crippen molar-refractivity contribution in [2.75, 3.05) is 10.8 Å². The molecule has 31 heavy (non-hydrogen) atoms. The molecule has 1 aromatic heterocycles. The number of aryl methyl sites for hydroxylation is 1. The van der Waals surface area contributed by atoms with Gasteiger partial charge in [-0.05, 0) is 48.9 Å². The average Bonchev–Trinajstić information content (AvgIpc) is 3.25. The van der Waals surface area contributed by atoms with E-state index in [4.69, 9.17) is 23.2 Å². The van der Waals surface area contributed by atoms with Gasteiger partial charge < -0.3 is 4.57 Å². The maximum Gasteiger partial charge on any atom is 0.326 e. The molecule has 160 valence electrons. The molecule has 4 rings (SSSR count). The second-order valence-electron chi connectivity index (χ2n) is 6.86. The molecule has 0 radical (unpaired) electrons. The van der Waals surface area contributed by atoms with E-state index in [1.165, 1.54) is 0 Å². The molecule has 0 spiro atoms.